The quantitative estimate of drug-likeness (QED) is 0.474. The van der Waals surface area contributed by atoms with Crippen molar-refractivity contribution in [2.45, 2.75) is 6.43 Å². The molecule has 0 radical (unpaired) electrons. The van der Waals surface area contributed by atoms with E-state index in [9.17, 15) is 13.6 Å². The number of methoxy groups -OCH3 is 1. The molecule has 1 aromatic carbocycles. The van der Waals surface area contributed by atoms with Crippen molar-refractivity contribution < 1.29 is 22.7 Å². The number of hydrazone groups is 1. The summed E-state index contributed by atoms with van der Waals surface area (Å²) < 4.78 is 36.5. The molecule has 2 heterocycles. The molecule has 0 unspecified atom stereocenters. The van der Waals surface area contributed by atoms with Gasteiger partial charge in [-0.25, -0.2) is 5.01 Å². The Labute approximate surface area is 158 Å². The largest absolute Gasteiger partial charge is 0.479 e. The van der Waals surface area contributed by atoms with Crippen molar-refractivity contribution in [2.75, 3.05) is 14.2 Å². The SMILES string of the molecule is COc1nn(C)cc1C(=O)N(C)/N=C/c1ccc(-c2nnc(C(F)F)o2)cc1. The van der Waals surface area contributed by atoms with Crippen LogP contribution in [0.1, 0.15) is 28.2 Å². The van der Waals surface area contributed by atoms with Gasteiger partial charge < -0.3 is 9.15 Å². The maximum absolute atomic E-state index is 12.5. The topological polar surface area (TPSA) is 98.6 Å². The van der Waals surface area contributed by atoms with Gasteiger partial charge in [0.05, 0.1) is 13.3 Å². The van der Waals surface area contributed by atoms with Crippen molar-refractivity contribution in [1.82, 2.24) is 25.0 Å². The Kier molecular flexibility index (Phi) is 5.43. The number of hydrogen-bond donors (Lipinski definition) is 0. The van der Waals surface area contributed by atoms with Crippen LogP contribution in [0.5, 0.6) is 5.88 Å². The molecule has 3 rings (SSSR count). The predicted molar refractivity (Wildman–Crippen MR) is 94.1 cm³/mol. The lowest BCUT2D eigenvalue weighted by atomic mass is 10.1. The van der Waals surface area contributed by atoms with Crippen LogP contribution in [0.25, 0.3) is 11.5 Å². The van der Waals surface area contributed by atoms with Crippen molar-refractivity contribution in [3.05, 3.63) is 47.5 Å². The lowest BCUT2D eigenvalue weighted by Crippen LogP contribution is -2.21. The van der Waals surface area contributed by atoms with Crippen LogP contribution in [0.3, 0.4) is 0 Å². The number of rotatable bonds is 6. The highest BCUT2D eigenvalue weighted by Crippen LogP contribution is 2.23. The zero-order chi connectivity index (χ0) is 20.3. The summed E-state index contributed by atoms with van der Waals surface area (Å²) in [6.45, 7) is 0. The van der Waals surface area contributed by atoms with Gasteiger partial charge in [0, 0.05) is 25.9 Å². The Morgan fingerprint density at radius 1 is 1.32 bits per heavy atom. The predicted octanol–water partition coefficient (Wildman–Crippen LogP) is 2.52. The molecule has 0 atom stereocenters. The average Bonchev–Trinajstić information content (AvgIpc) is 3.32. The molecular weight excluding hydrogens is 374 g/mol. The third kappa shape index (κ3) is 4.03. The molecule has 1 amide bonds. The lowest BCUT2D eigenvalue weighted by Gasteiger charge is -2.10. The molecule has 0 aliphatic heterocycles. The fourth-order valence-corrected chi connectivity index (χ4v) is 2.30. The maximum Gasteiger partial charge on any atom is 0.314 e. The zero-order valence-electron chi connectivity index (χ0n) is 15.2. The van der Waals surface area contributed by atoms with Gasteiger partial charge in [0.25, 0.3) is 11.8 Å². The number of aryl methyl sites for hydroxylation is 1. The van der Waals surface area contributed by atoms with Gasteiger partial charge >= 0.3 is 6.43 Å². The number of ether oxygens (including phenoxy) is 1. The molecule has 0 spiro atoms. The zero-order valence-corrected chi connectivity index (χ0v) is 15.2. The van der Waals surface area contributed by atoms with Gasteiger partial charge in [-0.15, -0.1) is 15.3 Å². The Bertz CT molecular complexity index is 997. The third-order valence-corrected chi connectivity index (χ3v) is 3.68. The van der Waals surface area contributed by atoms with Crippen molar-refractivity contribution in [2.24, 2.45) is 12.1 Å². The first-order chi connectivity index (χ1) is 13.4. The molecule has 9 nitrogen and oxygen atoms in total. The van der Waals surface area contributed by atoms with E-state index in [1.54, 1.807) is 37.5 Å². The summed E-state index contributed by atoms with van der Waals surface area (Å²) in [5, 5.41) is 16.2. The molecule has 0 aliphatic rings. The van der Waals surface area contributed by atoms with Gasteiger partial charge in [-0.3, -0.25) is 9.48 Å². The van der Waals surface area contributed by atoms with Crippen molar-refractivity contribution in [1.29, 1.82) is 0 Å². The van der Waals surface area contributed by atoms with Crippen LogP contribution in [0, 0.1) is 0 Å². The van der Waals surface area contributed by atoms with Crippen molar-refractivity contribution >= 4 is 12.1 Å². The Balaban J connectivity index is 1.70. The monoisotopic (exact) mass is 390 g/mol. The average molecular weight is 390 g/mol. The van der Waals surface area contributed by atoms with E-state index >= 15 is 0 Å². The molecule has 2 aromatic heterocycles. The summed E-state index contributed by atoms with van der Waals surface area (Å²) >= 11 is 0. The molecular formula is C17H16F2N6O3. The molecule has 28 heavy (non-hydrogen) atoms. The van der Waals surface area contributed by atoms with E-state index in [-0.39, 0.29) is 23.2 Å². The van der Waals surface area contributed by atoms with Crippen LogP contribution in [-0.2, 0) is 7.05 Å². The van der Waals surface area contributed by atoms with E-state index < -0.39 is 12.3 Å². The number of aromatic nitrogens is 4. The number of carbonyl (C=O) groups excluding carboxylic acids is 1. The van der Waals surface area contributed by atoms with Crippen molar-refractivity contribution in [3.8, 4) is 17.3 Å². The third-order valence-electron chi connectivity index (χ3n) is 3.68. The number of alkyl halides is 2. The summed E-state index contributed by atoms with van der Waals surface area (Å²) in [6, 6.07) is 6.59. The van der Waals surface area contributed by atoms with E-state index in [1.807, 2.05) is 0 Å². The van der Waals surface area contributed by atoms with Crippen LogP contribution in [0.2, 0.25) is 0 Å². The fourth-order valence-electron chi connectivity index (χ4n) is 2.30. The molecule has 0 saturated carbocycles. The number of benzene rings is 1. The Morgan fingerprint density at radius 2 is 2.04 bits per heavy atom. The summed E-state index contributed by atoms with van der Waals surface area (Å²) in [6.07, 6.45) is 0.197. The molecule has 11 heteroatoms. The maximum atomic E-state index is 12.5. The first kappa shape index (κ1) is 19.1. The van der Waals surface area contributed by atoms with Crippen LogP contribution >= 0.6 is 0 Å². The molecule has 0 N–H and O–H groups in total. The first-order valence-electron chi connectivity index (χ1n) is 8.00. The molecule has 3 aromatic rings. The first-order valence-corrected chi connectivity index (χ1v) is 8.00. The second-order valence-electron chi connectivity index (χ2n) is 5.67. The van der Waals surface area contributed by atoms with E-state index in [0.717, 1.165) is 5.01 Å². The minimum Gasteiger partial charge on any atom is -0.479 e. The van der Waals surface area contributed by atoms with Crippen LogP contribution in [0.4, 0.5) is 8.78 Å². The lowest BCUT2D eigenvalue weighted by molar-refractivity contribution is 0.0797. The Morgan fingerprint density at radius 3 is 2.64 bits per heavy atom. The molecule has 0 bridgehead atoms. The highest BCUT2D eigenvalue weighted by atomic mass is 19.3. The summed E-state index contributed by atoms with van der Waals surface area (Å²) in [5.74, 6) is -0.911. The second-order valence-corrected chi connectivity index (χ2v) is 5.67. The summed E-state index contributed by atoms with van der Waals surface area (Å²) in [7, 11) is 4.61. The van der Waals surface area contributed by atoms with Gasteiger partial charge in [0.15, 0.2) is 0 Å². The van der Waals surface area contributed by atoms with E-state index in [2.05, 4.69) is 20.4 Å². The minimum atomic E-state index is -2.82. The van der Waals surface area contributed by atoms with E-state index in [1.165, 1.54) is 25.1 Å². The minimum absolute atomic E-state index is 0.00485. The van der Waals surface area contributed by atoms with Crippen LogP contribution < -0.4 is 4.74 Å². The molecule has 0 fully saturated rings. The highest BCUT2D eigenvalue weighted by molar-refractivity contribution is 5.96. The van der Waals surface area contributed by atoms with Gasteiger partial charge in [-0.1, -0.05) is 12.1 Å². The number of halogens is 2. The highest BCUT2D eigenvalue weighted by Gasteiger charge is 2.20. The number of nitrogens with zero attached hydrogens (tertiary/aromatic N) is 6. The molecule has 146 valence electrons. The normalized spacial score (nSPS) is 11.4. The van der Waals surface area contributed by atoms with E-state index in [4.69, 9.17) is 9.15 Å². The molecule has 0 aliphatic carbocycles. The van der Waals surface area contributed by atoms with Gasteiger partial charge in [-0.2, -0.15) is 13.9 Å². The van der Waals surface area contributed by atoms with Gasteiger partial charge in [0.1, 0.15) is 5.56 Å². The van der Waals surface area contributed by atoms with Crippen LogP contribution in [0.15, 0.2) is 40.0 Å². The number of amides is 1. The Hall–Kier alpha value is -3.63. The molecule has 0 saturated heterocycles. The standard InChI is InChI=1S/C17H16F2N6O3/c1-24-9-12(15(23-24)27-3)17(26)25(2)20-8-10-4-6-11(7-5-10)14-21-22-16(28-14)13(18)19/h4-9,13H,1-3H3/b20-8+. The van der Waals surface area contributed by atoms with Gasteiger partial charge in [0.2, 0.25) is 11.8 Å². The summed E-state index contributed by atoms with van der Waals surface area (Å²) in [4.78, 5) is 12.4. The van der Waals surface area contributed by atoms with Crippen molar-refractivity contribution in [3.63, 3.8) is 0 Å². The smallest absolute Gasteiger partial charge is 0.314 e. The number of hydrogen-bond acceptors (Lipinski definition) is 7. The van der Waals surface area contributed by atoms with Crippen LogP contribution in [-0.4, -0.2) is 51.3 Å². The fraction of sp³-hybridized carbons (Fsp3) is 0.235. The van der Waals surface area contributed by atoms with E-state index in [0.29, 0.717) is 11.1 Å². The second kappa shape index (κ2) is 7.94. The number of carbonyl (C=O) groups is 1. The summed E-state index contributed by atoms with van der Waals surface area (Å²) in [5.41, 5.74) is 1.45. The van der Waals surface area contributed by atoms with Gasteiger partial charge in [-0.05, 0) is 17.7 Å².